The topological polar surface area (TPSA) is 20.3 Å². The summed E-state index contributed by atoms with van der Waals surface area (Å²) < 4.78 is 0. The second-order valence-electron chi connectivity index (χ2n) is 5.12. The number of ketones is 1. The van der Waals surface area contributed by atoms with Gasteiger partial charge in [-0.15, -0.1) is 0 Å². The van der Waals surface area contributed by atoms with Gasteiger partial charge >= 0.3 is 0 Å². The molecular weight excluding hydrogens is 218 g/mol. The van der Waals surface area contributed by atoms with E-state index in [1.54, 1.807) is 0 Å². The highest BCUT2D eigenvalue weighted by Gasteiger charge is 2.36. The molecule has 0 aromatic carbocycles. The summed E-state index contributed by atoms with van der Waals surface area (Å²) in [7, 11) is 0. The molecule has 0 N–H and O–H groups in total. The molecule has 2 atom stereocenters. The van der Waals surface area contributed by atoms with E-state index in [9.17, 15) is 4.79 Å². The van der Waals surface area contributed by atoms with Gasteiger partial charge in [-0.3, -0.25) is 9.69 Å². The van der Waals surface area contributed by atoms with E-state index in [1.807, 2.05) is 11.8 Å². The third kappa shape index (κ3) is 3.01. The Morgan fingerprint density at radius 1 is 1.25 bits per heavy atom. The average molecular weight is 241 g/mol. The van der Waals surface area contributed by atoms with Crippen molar-refractivity contribution in [1.82, 2.24) is 4.90 Å². The van der Waals surface area contributed by atoms with Gasteiger partial charge in [0.05, 0.1) is 0 Å². The van der Waals surface area contributed by atoms with E-state index in [0.29, 0.717) is 17.9 Å². The Kier molecular flexibility index (Phi) is 4.71. The van der Waals surface area contributed by atoms with E-state index < -0.39 is 0 Å². The standard InChI is InChI=1S/C13H23NOS/c1-16-8-3-2-7-14-11-5-4-6-12(14)10-13(15)9-11/h11-12H,2-10H2,1H3. The normalized spacial score (nSPS) is 30.7. The first-order valence-electron chi connectivity index (χ1n) is 6.57. The quantitative estimate of drug-likeness (QED) is 0.690. The van der Waals surface area contributed by atoms with Gasteiger partial charge in [-0.05, 0) is 44.2 Å². The van der Waals surface area contributed by atoms with Gasteiger partial charge in [0.1, 0.15) is 5.78 Å². The first-order valence-corrected chi connectivity index (χ1v) is 7.97. The summed E-state index contributed by atoms with van der Waals surface area (Å²) >= 11 is 1.94. The van der Waals surface area contributed by atoms with Crippen molar-refractivity contribution in [3.63, 3.8) is 0 Å². The van der Waals surface area contributed by atoms with Crippen LogP contribution >= 0.6 is 11.8 Å². The predicted molar refractivity (Wildman–Crippen MR) is 70.0 cm³/mol. The zero-order valence-corrected chi connectivity index (χ0v) is 11.1. The highest BCUT2D eigenvalue weighted by atomic mass is 32.2. The van der Waals surface area contributed by atoms with E-state index in [0.717, 1.165) is 12.8 Å². The predicted octanol–water partition coefficient (Wildman–Crippen LogP) is 2.72. The molecule has 2 unspecified atom stereocenters. The van der Waals surface area contributed by atoms with Crippen LogP contribution in [0.5, 0.6) is 0 Å². The Hall–Kier alpha value is -0.0200. The number of unbranched alkanes of at least 4 members (excludes halogenated alkanes) is 1. The smallest absolute Gasteiger partial charge is 0.136 e. The maximum absolute atomic E-state index is 11.6. The minimum atomic E-state index is 0.509. The van der Waals surface area contributed by atoms with Gasteiger partial charge in [0.2, 0.25) is 0 Å². The molecule has 0 amide bonds. The third-order valence-electron chi connectivity index (χ3n) is 3.95. The fourth-order valence-electron chi connectivity index (χ4n) is 3.17. The molecule has 0 aromatic heterocycles. The van der Waals surface area contributed by atoms with E-state index >= 15 is 0 Å². The maximum atomic E-state index is 11.6. The highest BCUT2D eigenvalue weighted by Crippen LogP contribution is 2.32. The van der Waals surface area contributed by atoms with Crippen molar-refractivity contribution in [1.29, 1.82) is 0 Å². The molecule has 0 radical (unpaired) electrons. The number of Topliss-reactive ketones (excluding diaryl/α,β-unsaturated/α-hetero) is 1. The lowest BCUT2D eigenvalue weighted by atomic mass is 9.83. The second kappa shape index (κ2) is 6.06. The van der Waals surface area contributed by atoms with Gasteiger partial charge in [-0.1, -0.05) is 6.42 Å². The van der Waals surface area contributed by atoms with E-state index in [1.165, 1.54) is 44.4 Å². The number of carbonyl (C=O) groups excluding carboxylic acids is 1. The van der Waals surface area contributed by atoms with Gasteiger partial charge in [0.25, 0.3) is 0 Å². The minimum absolute atomic E-state index is 0.509. The Morgan fingerprint density at radius 3 is 2.56 bits per heavy atom. The first kappa shape index (κ1) is 12.4. The molecule has 2 heterocycles. The summed E-state index contributed by atoms with van der Waals surface area (Å²) in [5, 5.41) is 0. The average Bonchev–Trinajstić information content (AvgIpc) is 2.25. The summed E-state index contributed by atoms with van der Waals surface area (Å²) in [6.07, 6.45) is 10.3. The molecule has 2 aliphatic rings. The van der Waals surface area contributed by atoms with Gasteiger partial charge in [0.15, 0.2) is 0 Å². The van der Waals surface area contributed by atoms with Crippen LogP contribution < -0.4 is 0 Å². The Bertz CT molecular complexity index is 228. The molecule has 0 saturated carbocycles. The van der Waals surface area contributed by atoms with E-state index in [4.69, 9.17) is 0 Å². The minimum Gasteiger partial charge on any atom is -0.300 e. The Labute approximate surface area is 103 Å². The molecule has 2 rings (SSSR count). The molecule has 0 spiro atoms. The summed E-state index contributed by atoms with van der Waals surface area (Å²) in [6, 6.07) is 1.18. The molecule has 0 aromatic rings. The monoisotopic (exact) mass is 241 g/mol. The number of hydrogen-bond donors (Lipinski definition) is 0. The van der Waals surface area contributed by atoms with Crippen LogP contribution in [-0.2, 0) is 4.79 Å². The fraction of sp³-hybridized carbons (Fsp3) is 0.923. The van der Waals surface area contributed by atoms with Gasteiger partial charge < -0.3 is 0 Å². The van der Waals surface area contributed by atoms with Crippen molar-refractivity contribution in [3.8, 4) is 0 Å². The molecule has 0 aliphatic carbocycles. The van der Waals surface area contributed by atoms with Crippen molar-refractivity contribution in [2.75, 3.05) is 18.6 Å². The van der Waals surface area contributed by atoms with Crippen LogP contribution in [0.2, 0.25) is 0 Å². The molecule has 2 aliphatic heterocycles. The van der Waals surface area contributed by atoms with Crippen molar-refractivity contribution in [3.05, 3.63) is 0 Å². The van der Waals surface area contributed by atoms with Crippen LogP contribution in [0.25, 0.3) is 0 Å². The van der Waals surface area contributed by atoms with E-state index in [-0.39, 0.29) is 0 Å². The van der Waals surface area contributed by atoms with Crippen LogP contribution in [0.1, 0.15) is 44.9 Å². The number of fused-ring (bicyclic) bond motifs is 2. The summed E-state index contributed by atoms with van der Waals surface area (Å²) in [6.45, 7) is 1.23. The SMILES string of the molecule is CSCCCCN1C2CCCC1CC(=O)C2. The molecule has 2 bridgehead atoms. The zero-order valence-electron chi connectivity index (χ0n) is 10.3. The van der Waals surface area contributed by atoms with Crippen molar-refractivity contribution >= 4 is 17.5 Å². The molecule has 3 heteroatoms. The molecule has 2 saturated heterocycles. The summed E-state index contributed by atoms with van der Waals surface area (Å²) in [5.74, 6) is 1.79. The van der Waals surface area contributed by atoms with Crippen molar-refractivity contribution < 1.29 is 4.79 Å². The zero-order chi connectivity index (χ0) is 11.4. The summed E-state index contributed by atoms with van der Waals surface area (Å²) in [5.41, 5.74) is 0. The second-order valence-corrected chi connectivity index (χ2v) is 6.11. The van der Waals surface area contributed by atoms with Crippen molar-refractivity contribution in [2.45, 2.75) is 57.0 Å². The maximum Gasteiger partial charge on any atom is 0.136 e. The number of nitrogens with zero attached hydrogens (tertiary/aromatic N) is 1. The molecule has 2 fully saturated rings. The van der Waals surface area contributed by atoms with Gasteiger partial charge in [-0.2, -0.15) is 11.8 Å². The number of piperidine rings is 2. The molecule has 2 nitrogen and oxygen atoms in total. The van der Waals surface area contributed by atoms with Crippen LogP contribution in [0, 0.1) is 0 Å². The fourth-order valence-corrected chi connectivity index (χ4v) is 3.67. The Morgan fingerprint density at radius 2 is 1.94 bits per heavy atom. The summed E-state index contributed by atoms with van der Waals surface area (Å²) in [4.78, 5) is 14.2. The van der Waals surface area contributed by atoms with Crippen molar-refractivity contribution in [2.24, 2.45) is 0 Å². The largest absolute Gasteiger partial charge is 0.300 e. The lowest BCUT2D eigenvalue weighted by Gasteiger charge is -2.45. The first-order chi connectivity index (χ1) is 7.81. The Balaban J connectivity index is 1.81. The van der Waals surface area contributed by atoms with Crippen LogP contribution in [0.4, 0.5) is 0 Å². The molecular formula is C13H23NOS. The molecule has 92 valence electrons. The highest BCUT2D eigenvalue weighted by molar-refractivity contribution is 7.98. The van der Waals surface area contributed by atoms with Gasteiger partial charge in [-0.25, -0.2) is 0 Å². The van der Waals surface area contributed by atoms with Gasteiger partial charge in [0, 0.05) is 24.9 Å². The lowest BCUT2D eigenvalue weighted by Crippen LogP contribution is -2.52. The number of thioether (sulfide) groups is 1. The van der Waals surface area contributed by atoms with Crippen LogP contribution in [0.3, 0.4) is 0 Å². The molecule has 16 heavy (non-hydrogen) atoms. The van der Waals surface area contributed by atoms with Crippen LogP contribution in [-0.4, -0.2) is 41.3 Å². The lowest BCUT2D eigenvalue weighted by molar-refractivity contribution is -0.127. The number of rotatable bonds is 5. The number of hydrogen-bond acceptors (Lipinski definition) is 3. The number of carbonyl (C=O) groups is 1. The van der Waals surface area contributed by atoms with Crippen LogP contribution in [0.15, 0.2) is 0 Å². The third-order valence-corrected chi connectivity index (χ3v) is 4.65. The van der Waals surface area contributed by atoms with E-state index in [2.05, 4.69) is 11.2 Å².